The first kappa shape index (κ1) is 18.5. The molecule has 140 valence electrons. The molecule has 1 aromatic carbocycles. The highest BCUT2D eigenvalue weighted by Crippen LogP contribution is 2.33. The largest absolute Gasteiger partial charge is 0.385 e. The highest BCUT2D eigenvalue weighted by molar-refractivity contribution is 5.74. The summed E-state index contributed by atoms with van der Waals surface area (Å²) in [6.45, 7) is 0.947. The lowest BCUT2D eigenvalue weighted by Gasteiger charge is -2.23. The number of unbranched alkanes of at least 4 members (excludes halogenated alkanes) is 3. The second kappa shape index (κ2) is 9.43. The molecular weight excluding hydrogens is 326 g/mol. The molecule has 3 rings (SSSR count). The van der Waals surface area contributed by atoms with Gasteiger partial charge in [0.1, 0.15) is 0 Å². The van der Waals surface area contributed by atoms with E-state index in [-0.39, 0.29) is 5.91 Å². The number of H-pyrrole nitrogens is 1. The minimum atomic E-state index is -0.297. The molecule has 0 saturated carbocycles. The number of benzene rings is 1. The summed E-state index contributed by atoms with van der Waals surface area (Å²) in [5.74, 6) is 0.312. The standard InChI is InChI=1S/C21H29N3O2/c25-21(24-26)8-3-1-2-4-12-22-19-7-5-6-16(15-19)17-9-10-20-18(14-17)11-13-23-20/h5-7,11,13,15,17,22-23,26H,1-4,8-10,12,14H2,(H,24,25). The van der Waals surface area contributed by atoms with Crippen molar-refractivity contribution in [3.05, 3.63) is 53.3 Å². The molecule has 1 unspecified atom stereocenters. The first-order chi connectivity index (χ1) is 12.8. The number of aryl methyl sites for hydroxylation is 1. The van der Waals surface area contributed by atoms with Crippen molar-refractivity contribution in [1.82, 2.24) is 10.5 Å². The van der Waals surface area contributed by atoms with Crippen molar-refractivity contribution in [2.45, 2.75) is 57.3 Å². The van der Waals surface area contributed by atoms with Gasteiger partial charge in [0.2, 0.25) is 5.91 Å². The minimum absolute atomic E-state index is 0.297. The molecule has 5 nitrogen and oxygen atoms in total. The van der Waals surface area contributed by atoms with Gasteiger partial charge in [-0.05, 0) is 67.3 Å². The number of nitrogens with one attached hydrogen (secondary N) is 3. The summed E-state index contributed by atoms with van der Waals surface area (Å²) < 4.78 is 0. The van der Waals surface area contributed by atoms with E-state index in [2.05, 4.69) is 46.8 Å². The highest BCUT2D eigenvalue weighted by atomic mass is 16.5. The van der Waals surface area contributed by atoms with Crippen molar-refractivity contribution < 1.29 is 10.0 Å². The van der Waals surface area contributed by atoms with Gasteiger partial charge < -0.3 is 10.3 Å². The van der Waals surface area contributed by atoms with Crippen LogP contribution in [0.25, 0.3) is 0 Å². The number of aromatic amines is 1. The van der Waals surface area contributed by atoms with E-state index in [1.54, 1.807) is 5.48 Å². The van der Waals surface area contributed by atoms with Crippen molar-refractivity contribution in [3.63, 3.8) is 0 Å². The molecule has 1 amide bonds. The zero-order chi connectivity index (χ0) is 18.2. The first-order valence-electron chi connectivity index (χ1n) is 9.68. The highest BCUT2D eigenvalue weighted by Gasteiger charge is 2.20. The van der Waals surface area contributed by atoms with Gasteiger partial charge in [-0.3, -0.25) is 10.0 Å². The van der Waals surface area contributed by atoms with Gasteiger partial charge in [-0.2, -0.15) is 0 Å². The lowest BCUT2D eigenvalue weighted by molar-refractivity contribution is -0.129. The van der Waals surface area contributed by atoms with E-state index in [0.29, 0.717) is 12.3 Å². The van der Waals surface area contributed by atoms with E-state index in [0.717, 1.165) is 45.1 Å². The Balaban J connectivity index is 1.40. The summed E-state index contributed by atoms with van der Waals surface area (Å²) in [5.41, 5.74) is 7.17. The smallest absolute Gasteiger partial charge is 0.243 e. The molecule has 1 heterocycles. The van der Waals surface area contributed by atoms with Gasteiger partial charge in [-0.1, -0.05) is 25.0 Å². The minimum Gasteiger partial charge on any atom is -0.385 e. The Bertz CT molecular complexity index is 711. The molecule has 2 aromatic rings. The molecule has 0 saturated heterocycles. The molecule has 1 aromatic heterocycles. The summed E-state index contributed by atoms with van der Waals surface area (Å²) in [6.07, 6.45) is 9.94. The molecule has 5 heteroatoms. The molecule has 0 fully saturated rings. The number of carbonyl (C=O) groups excluding carboxylic acids is 1. The molecule has 1 aliphatic carbocycles. The number of hydrogen-bond acceptors (Lipinski definition) is 3. The molecule has 0 spiro atoms. The molecule has 1 aliphatic rings. The fraction of sp³-hybridized carbons (Fsp3) is 0.476. The van der Waals surface area contributed by atoms with Crippen LogP contribution in [-0.4, -0.2) is 22.6 Å². The summed E-state index contributed by atoms with van der Waals surface area (Å²) in [6, 6.07) is 11.1. The molecule has 0 radical (unpaired) electrons. The maximum absolute atomic E-state index is 10.9. The van der Waals surface area contributed by atoms with E-state index >= 15 is 0 Å². The molecular formula is C21H29N3O2. The Hall–Kier alpha value is -2.27. The average molecular weight is 355 g/mol. The van der Waals surface area contributed by atoms with Gasteiger partial charge in [-0.15, -0.1) is 0 Å². The molecule has 0 bridgehead atoms. The average Bonchev–Trinajstić information content (AvgIpc) is 3.15. The van der Waals surface area contributed by atoms with Crippen LogP contribution in [0.5, 0.6) is 0 Å². The number of rotatable bonds is 9. The van der Waals surface area contributed by atoms with E-state index < -0.39 is 0 Å². The van der Waals surface area contributed by atoms with Crippen molar-refractivity contribution in [2.75, 3.05) is 11.9 Å². The third-order valence-electron chi connectivity index (χ3n) is 5.28. The van der Waals surface area contributed by atoms with Gasteiger partial charge in [0.25, 0.3) is 0 Å². The SMILES string of the molecule is O=C(CCCCCCNc1cccc(C2CCc3[nH]ccc3C2)c1)NO. The van der Waals surface area contributed by atoms with Crippen molar-refractivity contribution in [1.29, 1.82) is 0 Å². The van der Waals surface area contributed by atoms with Crippen molar-refractivity contribution >= 4 is 11.6 Å². The maximum atomic E-state index is 10.9. The van der Waals surface area contributed by atoms with Gasteiger partial charge in [-0.25, -0.2) is 5.48 Å². The molecule has 4 N–H and O–H groups in total. The Labute approximate surface area is 155 Å². The second-order valence-electron chi connectivity index (χ2n) is 7.17. The fourth-order valence-electron chi connectivity index (χ4n) is 3.79. The van der Waals surface area contributed by atoms with Crippen molar-refractivity contribution in [3.8, 4) is 0 Å². The van der Waals surface area contributed by atoms with Crippen LogP contribution in [0.15, 0.2) is 36.5 Å². The topological polar surface area (TPSA) is 77.2 Å². The normalized spacial score (nSPS) is 16.1. The second-order valence-corrected chi connectivity index (χ2v) is 7.17. The maximum Gasteiger partial charge on any atom is 0.243 e. The van der Waals surface area contributed by atoms with E-state index in [9.17, 15) is 4.79 Å². The van der Waals surface area contributed by atoms with Crippen LogP contribution in [0.1, 0.15) is 61.3 Å². The Morgan fingerprint density at radius 2 is 2.08 bits per heavy atom. The van der Waals surface area contributed by atoms with Crippen LogP contribution in [0, 0.1) is 0 Å². The number of amides is 1. The molecule has 0 aliphatic heterocycles. The summed E-state index contributed by atoms with van der Waals surface area (Å²) in [7, 11) is 0. The van der Waals surface area contributed by atoms with Gasteiger partial charge in [0.15, 0.2) is 0 Å². The number of anilines is 1. The van der Waals surface area contributed by atoms with E-state index in [1.165, 1.54) is 28.9 Å². The van der Waals surface area contributed by atoms with Crippen LogP contribution >= 0.6 is 0 Å². The van der Waals surface area contributed by atoms with Gasteiger partial charge in [0.05, 0.1) is 0 Å². The lowest BCUT2D eigenvalue weighted by Crippen LogP contribution is -2.17. The summed E-state index contributed by atoms with van der Waals surface area (Å²) in [5, 5.41) is 12.0. The van der Waals surface area contributed by atoms with Gasteiger partial charge in [0, 0.05) is 30.5 Å². The molecule has 26 heavy (non-hydrogen) atoms. The predicted molar refractivity (Wildman–Crippen MR) is 104 cm³/mol. The van der Waals surface area contributed by atoms with Crippen LogP contribution < -0.4 is 10.8 Å². The fourth-order valence-corrected chi connectivity index (χ4v) is 3.79. The van der Waals surface area contributed by atoms with Crippen LogP contribution in [0.2, 0.25) is 0 Å². The third kappa shape index (κ3) is 5.11. The molecule has 1 atom stereocenters. The number of hydroxylamine groups is 1. The Kier molecular flexibility index (Phi) is 6.72. The lowest BCUT2D eigenvalue weighted by atomic mass is 9.83. The predicted octanol–water partition coefficient (Wildman–Crippen LogP) is 4.16. The zero-order valence-electron chi connectivity index (χ0n) is 15.3. The van der Waals surface area contributed by atoms with Crippen LogP contribution in [0.3, 0.4) is 0 Å². The summed E-state index contributed by atoms with van der Waals surface area (Å²) >= 11 is 0. The first-order valence-corrected chi connectivity index (χ1v) is 9.68. The zero-order valence-corrected chi connectivity index (χ0v) is 15.3. The van der Waals surface area contributed by atoms with E-state index in [4.69, 9.17) is 5.21 Å². The summed E-state index contributed by atoms with van der Waals surface area (Å²) in [4.78, 5) is 14.3. The number of hydrogen-bond donors (Lipinski definition) is 4. The monoisotopic (exact) mass is 355 g/mol. The van der Waals surface area contributed by atoms with Gasteiger partial charge >= 0.3 is 0 Å². The Morgan fingerprint density at radius 1 is 1.19 bits per heavy atom. The number of fused-ring (bicyclic) bond motifs is 1. The third-order valence-corrected chi connectivity index (χ3v) is 5.28. The van der Waals surface area contributed by atoms with E-state index in [1.807, 2.05) is 0 Å². The van der Waals surface area contributed by atoms with Crippen LogP contribution in [-0.2, 0) is 17.6 Å². The van der Waals surface area contributed by atoms with Crippen molar-refractivity contribution in [2.24, 2.45) is 0 Å². The Morgan fingerprint density at radius 3 is 2.96 bits per heavy atom. The quantitative estimate of drug-likeness (QED) is 0.310. The number of aromatic nitrogens is 1. The van der Waals surface area contributed by atoms with Crippen LogP contribution in [0.4, 0.5) is 5.69 Å². The number of carbonyl (C=O) groups is 1.